The minimum Gasteiger partial charge on any atom is -0.394 e. The van der Waals surface area contributed by atoms with E-state index >= 15 is 0 Å². The molecule has 10 heteroatoms. The Balaban J connectivity index is 1.82. The van der Waals surface area contributed by atoms with Gasteiger partial charge in [0.25, 0.3) is 5.56 Å². The van der Waals surface area contributed by atoms with Crippen LogP contribution in [0.3, 0.4) is 0 Å². The predicted molar refractivity (Wildman–Crippen MR) is 82.4 cm³/mol. The van der Waals surface area contributed by atoms with Crippen molar-refractivity contribution in [3.63, 3.8) is 0 Å². The number of nitrogens with zero attached hydrogens (tertiary/aromatic N) is 4. The Bertz CT molecular complexity index is 833. The van der Waals surface area contributed by atoms with E-state index in [0.717, 1.165) is 0 Å². The van der Waals surface area contributed by atoms with E-state index in [0.29, 0.717) is 12.1 Å². The Morgan fingerprint density at radius 2 is 2.21 bits per heavy atom. The average molecular weight is 337 g/mol. The minimum absolute atomic E-state index is 0.0240. The van der Waals surface area contributed by atoms with Crippen LogP contribution in [0.5, 0.6) is 0 Å². The molecule has 0 radical (unpaired) electrons. The second-order valence-corrected chi connectivity index (χ2v) is 6.31. The Kier molecular flexibility index (Phi) is 3.57. The van der Waals surface area contributed by atoms with Crippen LogP contribution in [-0.2, 0) is 4.74 Å². The van der Waals surface area contributed by atoms with Crippen LogP contribution in [0.15, 0.2) is 11.1 Å². The van der Waals surface area contributed by atoms with Gasteiger partial charge in [-0.25, -0.2) is 9.55 Å². The van der Waals surface area contributed by atoms with Crippen LogP contribution in [0.4, 0.5) is 5.95 Å². The average Bonchev–Trinajstić information content (AvgIpc) is 3.09. The van der Waals surface area contributed by atoms with E-state index in [-0.39, 0.29) is 30.5 Å². The third-order valence-corrected chi connectivity index (χ3v) is 4.56. The van der Waals surface area contributed by atoms with E-state index in [1.165, 1.54) is 10.9 Å². The quantitative estimate of drug-likeness (QED) is 0.544. The zero-order valence-electron chi connectivity index (χ0n) is 13.0. The zero-order valence-corrected chi connectivity index (χ0v) is 13.0. The predicted octanol–water partition coefficient (Wildman–Crippen LogP) is -1.07. The highest BCUT2D eigenvalue weighted by atomic mass is 16.5. The first-order chi connectivity index (χ1) is 11.5. The molecule has 2 aliphatic heterocycles. The van der Waals surface area contributed by atoms with E-state index < -0.39 is 30.2 Å². The molecule has 24 heavy (non-hydrogen) atoms. The summed E-state index contributed by atoms with van der Waals surface area (Å²) < 4.78 is 8.37. The number of fused-ring (bicyclic) bond motifs is 2. The van der Waals surface area contributed by atoms with Gasteiger partial charge in [-0.1, -0.05) is 0 Å². The number of nitrogens with one attached hydrogen (secondary N) is 1. The van der Waals surface area contributed by atoms with E-state index in [1.54, 1.807) is 4.57 Å². The van der Waals surface area contributed by atoms with Crippen LogP contribution in [-0.4, -0.2) is 59.3 Å². The molecule has 0 aliphatic carbocycles. The van der Waals surface area contributed by atoms with Crippen molar-refractivity contribution in [2.45, 2.75) is 50.5 Å². The molecular weight excluding hydrogens is 318 g/mol. The van der Waals surface area contributed by atoms with Crippen molar-refractivity contribution in [3.05, 3.63) is 16.7 Å². The lowest BCUT2D eigenvalue weighted by Gasteiger charge is -2.28. The van der Waals surface area contributed by atoms with Crippen molar-refractivity contribution >= 4 is 17.1 Å². The number of aromatic nitrogens is 4. The molecule has 1 fully saturated rings. The first-order valence-electron chi connectivity index (χ1n) is 7.87. The Hall–Kier alpha value is -2.01. The van der Waals surface area contributed by atoms with Crippen LogP contribution in [0.2, 0.25) is 0 Å². The number of hydrogen-bond acceptors (Lipinski definition) is 8. The zero-order chi connectivity index (χ0) is 17.0. The second kappa shape index (κ2) is 5.52. The topological polar surface area (TPSA) is 135 Å². The number of rotatable bonds is 2. The van der Waals surface area contributed by atoms with Gasteiger partial charge in [-0.3, -0.25) is 9.36 Å². The summed E-state index contributed by atoms with van der Waals surface area (Å²) in [6.07, 6.45) is -0.891. The van der Waals surface area contributed by atoms with E-state index in [9.17, 15) is 20.1 Å². The number of ether oxygens (including phenoxy) is 1. The lowest BCUT2D eigenvalue weighted by molar-refractivity contribution is -0.0432. The smallest absolute Gasteiger partial charge is 0.285 e. The summed E-state index contributed by atoms with van der Waals surface area (Å²) in [5.74, 6) is 0.276. The van der Waals surface area contributed by atoms with Crippen LogP contribution >= 0.6 is 0 Å². The van der Waals surface area contributed by atoms with Gasteiger partial charge < -0.3 is 25.4 Å². The van der Waals surface area contributed by atoms with Gasteiger partial charge in [0.2, 0.25) is 5.95 Å². The standard InChI is InChI=1S/C14H19N5O5/c1-6-2-9(22)19-13(23)11-12(17-14(19)16-6)18(5-15-11)10-3-7(21)8(4-20)24-10/h5-10,20-22H,2-4H2,1H3,(H,16,17)/t6-,7-,8+,9+,10+/m0/s1. The molecule has 5 atom stereocenters. The van der Waals surface area contributed by atoms with Gasteiger partial charge in [-0.15, -0.1) is 0 Å². The van der Waals surface area contributed by atoms with Crippen molar-refractivity contribution in [2.75, 3.05) is 11.9 Å². The molecular formula is C14H19N5O5. The lowest BCUT2D eigenvalue weighted by atomic mass is 10.2. The molecule has 2 aromatic heterocycles. The summed E-state index contributed by atoms with van der Waals surface area (Å²) in [6, 6.07) is -0.0240. The molecule has 130 valence electrons. The molecule has 0 aromatic carbocycles. The molecule has 0 spiro atoms. The summed E-state index contributed by atoms with van der Waals surface area (Å²) in [5, 5.41) is 32.3. The fourth-order valence-corrected chi connectivity index (χ4v) is 3.32. The van der Waals surface area contributed by atoms with Crippen LogP contribution in [0.25, 0.3) is 11.2 Å². The van der Waals surface area contributed by atoms with Crippen molar-refractivity contribution in [3.8, 4) is 0 Å². The minimum atomic E-state index is -0.950. The number of hydrogen-bond donors (Lipinski definition) is 4. The van der Waals surface area contributed by atoms with Crippen molar-refractivity contribution in [1.82, 2.24) is 19.1 Å². The Morgan fingerprint density at radius 1 is 1.42 bits per heavy atom. The molecule has 4 N–H and O–H groups in total. The first kappa shape index (κ1) is 15.5. The van der Waals surface area contributed by atoms with E-state index in [4.69, 9.17) is 4.74 Å². The molecule has 0 saturated carbocycles. The van der Waals surface area contributed by atoms with Gasteiger partial charge in [-0.05, 0) is 6.92 Å². The summed E-state index contributed by atoms with van der Waals surface area (Å²) in [4.78, 5) is 21.2. The van der Waals surface area contributed by atoms with Gasteiger partial charge in [0.1, 0.15) is 18.6 Å². The second-order valence-electron chi connectivity index (χ2n) is 6.31. The first-order valence-corrected chi connectivity index (χ1v) is 7.87. The fourth-order valence-electron chi connectivity index (χ4n) is 3.32. The molecule has 2 aliphatic rings. The molecule has 1 saturated heterocycles. The number of anilines is 1. The van der Waals surface area contributed by atoms with Gasteiger partial charge in [0.05, 0.1) is 19.0 Å². The highest BCUT2D eigenvalue weighted by Gasteiger charge is 2.36. The number of imidazole rings is 1. The fraction of sp³-hybridized carbons (Fsp3) is 0.643. The maximum absolute atomic E-state index is 12.6. The molecule has 4 rings (SSSR count). The van der Waals surface area contributed by atoms with Gasteiger partial charge in [0.15, 0.2) is 11.2 Å². The number of aliphatic hydroxyl groups excluding tert-OH is 3. The Labute approximate surface area is 136 Å². The summed E-state index contributed by atoms with van der Waals surface area (Å²) in [7, 11) is 0. The van der Waals surface area contributed by atoms with Crippen LogP contribution < -0.4 is 10.9 Å². The molecule has 2 aromatic rings. The SMILES string of the molecule is C[C@H]1C[C@@H](O)n2c(nc3c(ncn3[C@H]3C[C@H](O)[C@@H](CO)O3)c2=O)N1. The van der Waals surface area contributed by atoms with E-state index in [2.05, 4.69) is 15.3 Å². The van der Waals surface area contributed by atoms with Crippen molar-refractivity contribution < 1.29 is 20.1 Å². The number of aliphatic hydroxyl groups is 3. The normalized spacial score (nSPS) is 32.8. The highest BCUT2D eigenvalue weighted by molar-refractivity contribution is 5.71. The maximum atomic E-state index is 12.6. The van der Waals surface area contributed by atoms with Crippen LogP contribution in [0, 0.1) is 0 Å². The molecule has 0 bridgehead atoms. The summed E-state index contributed by atoms with van der Waals surface area (Å²) in [5.41, 5.74) is 0.00781. The van der Waals surface area contributed by atoms with Gasteiger partial charge in [0, 0.05) is 18.9 Å². The van der Waals surface area contributed by atoms with E-state index in [1.807, 2.05) is 6.92 Å². The maximum Gasteiger partial charge on any atom is 0.285 e. The largest absolute Gasteiger partial charge is 0.394 e. The summed E-state index contributed by atoms with van der Waals surface area (Å²) >= 11 is 0. The molecule has 0 amide bonds. The third kappa shape index (κ3) is 2.22. The Morgan fingerprint density at radius 3 is 2.92 bits per heavy atom. The monoisotopic (exact) mass is 337 g/mol. The molecule has 0 unspecified atom stereocenters. The van der Waals surface area contributed by atoms with Crippen molar-refractivity contribution in [1.29, 1.82) is 0 Å². The van der Waals surface area contributed by atoms with Gasteiger partial charge in [-0.2, -0.15) is 4.98 Å². The van der Waals surface area contributed by atoms with Crippen LogP contribution in [0.1, 0.15) is 32.2 Å². The highest BCUT2D eigenvalue weighted by Crippen LogP contribution is 2.31. The van der Waals surface area contributed by atoms with Crippen molar-refractivity contribution in [2.24, 2.45) is 0 Å². The summed E-state index contributed by atoms with van der Waals surface area (Å²) in [6.45, 7) is 1.60. The molecule has 4 heterocycles. The van der Waals surface area contributed by atoms with Gasteiger partial charge >= 0.3 is 0 Å². The third-order valence-electron chi connectivity index (χ3n) is 4.56. The lowest BCUT2D eigenvalue weighted by Crippen LogP contribution is -2.38. The molecule has 10 nitrogen and oxygen atoms in total.